The summed E-state index contributed by atoms with van der Waals surface area (Å²) in [6.07, 6.45) is 1.51. The molecule has 1 aliphatic rings. The van der Waals surface area contributed by atoms with Crippen molar-refractivity contribution in [2.24, 2.45) is 0 Å². The molecule has 1 fully saturated rings. The van der Waals surface area contributed by atoms with Crippen molar-refractivity contribution in [2.45, 2.75) is 19.4 Å². The standard InChI is InChI=1S/C18H16Cl2N2O2/c19-13-5-8-15(16(20)10-13)18(24)21-11-12-3-6-14(7-4-12)22-9-1-2-17(22)23/h3-8,10H,1-2,9,11H2,(H,21,24). The minimum absolute atomic E-state index is 0.161. The van der Waals surface area contributed by atoms with Gasteiger partial charge in [0, 0.05) is 30.2 Å². The van der Waals surface area contributed by atoms with Crippen LogP contribution in [0.15, 0.2) is 42.5 Å². The maximum absolute atomic E-state index is 12.2. The van der Waals surface area contributed by atoms with E-state index in [-0.39, 0.29) is 11.8 Å². The molecule has 0 radical (unpaired) electrons. The van der Waals surface area contributed by atoms with Gasteiger partial charge in [-0.3, -0.25) is 9.59 Å². The third-order valence-corrected chi connectivity index (χ3v) is 4.50. The lowest BCUT2D eigenvalue weighted by molar-refractivity contribution is -0.117. The number of amides is 2. The number of benzene rings is 2. The highest BCUT2D eigenvalue weighted by molar-refractivity contribution is 6.36. The van der Waals surface area contributed by atoms with Crippen molar-refractivity contribution in [1.29, 1.82) is 0 Å². The topological polar surface area (TPSA) is 49.4 Å². The second-order valence-corrected chi connectivity index (χ2v) is 6.47. The van der Waals surface area contributed by atoms with Crippen LogP contribution in [0.4, 0.5) is 5.69 Å². The minimum atomic E-state index is -0.254. The van der Waals surface area contributed by atoms with E-state index in [2.05, 4.69) is 5.32 Å². The Kier molecular flexibility index (Phi) is 5.07. The van der Waals surface area contributed by atoms with Crippen molar-refractivity contribution in [3.8, 4) is 0 Å². The van der Waals surface area contributed by atoms with E-state index in [0.717, 1.165) is 24.2 Å². The summed E-state index contributed by atoms with van der Waals surface area (Å²) < 4.78 is 0. The summed E-state index contributed by atoms with van der Waals surface area (Å²) in [6, 6.07) is 12.4. The van der Waals surface area contributed by atoms with E-state index in [4.69, 9.17) is 23.2 Å². The largest absolute Gasteiger partial charge is 0.348 e. The number of rotatable bonds is 4. The molecular weight excluding hydrogens is 347 g/mol. The fraction of sp³-hybridized carbons (Fsp3) is 0.222. The van der Waals surface area contributed by atoms with Gasteiger partial charge in [-0.15, -0.1) is 0 Å². The highest BCUT2D eigenvalue weighted by Crippen LogP contribution is 2.22. The first-order chi connectivity index (χ1) is 11.5. The van der Waals surface area contributed by atoms with E-state index in [0.29, 0.717) is 28.6 Å². The molecule has 0 aliphatic carbocycles. The first-order valence-corrected chi connectivity index (χ1v) is 8.43. The molecule has 0 atom stereocenters. The molecule has 2 aromatic carbocycles. The first-order valence-electron chi connectivity index (χ1n) is 7.67. The summed E-state index contributed by atoms with van der Waals surface area (Å²) >= 11 is 11.9. The number of nitrogens with one attached hydrogen (secondary N) is 1. The molecule has 2 aromatic rings. The van der Waals surface area contributed by atoms with E-state index in [1.165, 1.54) is 0 Å². The number of anilines is 1. The van der Waals surface area contributed by atoms with E-state index in [1.807, 2.05) is 24.3 Å². The predicted molar refractivity (Wildman–Crippen MR) is 95.7 cm³/mol. The highest BCUT2D eigenvalue weighted by atomic mass is 35.5. The van der Waals surface area contributed by atoms with Gasteiger partial charge in [-0.2, -0.15) is 0 Å². The normalized spacial score (nSPS) is 14.1. The number of halogens is 2. The van der Waals surface area contributed by atoms with Crippen LogP contribution in [0.1, 0.15) is 28.8 Å². The zero-order valence-corrected chi connectivity index (χ0v) is 14.4. The maximum atomic E-state index is 12.2. The SMILES string of the molecule is O=C(NCc1ccc(N2CCCC2=O)cc1)c1ccc(Cl)cc1Cl. The van der Waals surface area contributed by atoms with Gasteiger partial charge in [-0.1, -0.05) is 35.3 Å². The lowest BCUT2D eigenvalue weighted by Crippen LogP contribution is -2.24. The molecule has 124 valence electrons. The predicted octanol–water partition coefficient (Wildman–Crippen LogP) is 4.05. The third kappa shape index (κ3) is 3.71. The number of carbonyl (C=O) groups excluding carboxylic acids is 2. The molecule has 0 aromatic heterocycles. The molecule has 4 nitrogen and oxygen atoms in total. The number of hydrogen-bond donors (Lipinski definition) is 1. The number of nitrogens with zero attached hydrogens (tertiary/aromatic N) is 1. The van der Waals surface area contributed by atoms with Gasteiger partial charge >= 0.3 is 0 Å². The molecule has 2 amide bonds. The summed E-state index contributed by atoms with van der Waals surface area (Å²) in [7, 11) is 0. The Hall–Kier alpha value is -2.04. The molecule has 6 heteroatoms. The second-order valence-electron chi connectivity index (χ2n) is 5.62. The van der Waals surface area contributed by atoms with Crippen molar-refractivity contribution in [3.63, 3.8) is 0 Å². The van der Waals surface area contributed by atoms with Gasteiger partial charge in [0.25, 0.3) is 5.91 Å². The van der Waals surface area contributed by atoms with Crippen molar-refractivity contribution in [3.05, 3.63) is 63.6 Å². The van der Waals surface area contributed by atoms with Gasteiger partial charge in [-0.25, -0.2) is 0 Å². The van der Waals surface area contributed by atoms with Crippen LogP contribution in [0.3, 0.4) is 0 Å². The van der Waals surface area contributed by atoms with E-state index in [9.17, 15) is 9.59 Å². The molecule has 24 heavy (non-hydrogen) atoms. The Morgan fingerprint density at radius 3 is 2.50 bits per heavy atom. The highest BCUT2D eigenvalue weighted by Gasteiger charge is 2.21. The molecule has 1 N–H and O–H groups in total. The summed E-state index contributed by atoms with van der Waals surface area (Å²) in [4.78, 5) is 25.7. The van der Waals surface area contributed by atoms with Gasteiger partial charge in [0.05, 0.1) is 10.6 Å². The van der Waals surface area contributed by atoms with Crippen molar-refractivity contribution >= 4 is 40.7 Å². The van der Waals surface area contributed by atoms with Crippen LogP contribution in [-0.4, -0.2) is 18.4 Å². The molecule has 0 bridgehead atoms. The lowest BCUT2D eigenvalue weighted by atomic mass is 10.1. The van der Waals surface area contributed by atoms with Gasteiger partial charge < -0.3 is 10.2 Å². The van der Waals surface area contributed by atoms with Crippen molar-refractivity contribution in [1.82, 2.24) is 5.32 Å². The second kappa shape index (κ2) is 7.24. The monoisotopic (exact) mass is 362 g/mol. The van der Waals surface area contributed by atoms with Crippen LogP contribution in [0, 0.1) is 0 Å². The average molecular weight is 363 g/mol. The van der Waals surface area contributed by atoms with Crippen LogP contribution in [0.5, 0.6) is 0 Å². The van der Waals surface area contributed by atoms with Gasteiger partial charge in [0.2, 0.25) is 5.91 Å². The first kappa shape index (κ1) is 16.8. The Balaban J connectivity index is 1.62. The Bertz CT molecular complexity index is 775. The Labute approximate surface area is 150 Å². The Morgan fingerprint density at radius 2 is 1.88 bits per heavy atom. The van der Waals surface area contributed by atoms with E-state index >= 15 is 0 Å². The van der Waals surface area contributed by atoms with E-state index in [1.54, 1.807) is 23.1 Å². The summed E-state index contributed by atoms with van der Waals surface area (Å²) in [6.45, 7) is 1.15. The van der Waals surface area contributed by atoms with Crippen molar-refractivity contribution < 1.29 is 9.59 Å². The lowest BCUT2D eigenvalue weighted by Gasteiger charge is -2.16. The summed E-state index contributed by atoms with van der Waals surface area (Å²) in [5.74, 6) is -0.0936. The summed E-state index contributed by atoms with van der Waals surface area (Å²) in [5, 5.41) is 3.64. The molecule has 0 spiro atoms. The minimum Gasteiger partial charge on any atom is -0.348 e. The number of carbonyl (C=O) groups is 2. The van der Waals surface area contributed by atoms with Crippen LogP contribution < -0.4 is 10.2 Å². The third-order valence-electron chi connectivity index (χ3n) is 3.95. The average Bonchev–Trinajstić information content (AvgIpc) is 2.99. The zero-order chi connectivity index (χ0) is 17.1. The Morgan fingerprint density at radius 1 is 1.12 bits per heavy atom. The number of hydrogen-bond acceptors (Lipinski definition) is 2. The van der Waals surface area contributed by atoms with Gasteiger partial charge in [0.1, 0.15) is 0 Å². The molecular formula is C18H16Cl2N2O2. The fourth-order valence-corrected chi connectivity index (χ4v) is 3.16. The molecule has 0 unspecified atom stereocenters. The molecule has 1 aliphatic heterocycles. The van der Waals surface area contributed by atoms with Crippen LogP contribution in [-0.2, 0) is 11.3 Å². The molecule has 1 saturated heterocycles. The molecule has 1 heterocycles. The molecule has 0 saturated carbocycles. The molecule has 3 rings (SSSR count). The smallest absolute Gasteiger partial charge is 0.253 e. The summed E-state index contributed by atoms with van der Waals surface area (Å²) in [5.41, 5.74) is 2.23. The van der Waals surface area contributed by atoms with Crippen molar-refractivity contribution in [2.75, 3.05) is 11.4 Å². The van der Waals surface area contributed by atoms with Crippen LogP contribution >= 0.6 is 23.2 Å². The van der Waals surface area contributed by atoms with Crippen LogP contribution in [0.2, 0.25) is 10.0 Å². The zero-order valence-electron chi connectivity index (χ0n) is 12.9. The fourth-order valence-electron chi connectivity index (χ4n) is 2.67. The van der Waals surface area contributed by atoms with Gasteiger partial charge in [0.15, 0.2) is 0 Å². The quantitative estimate of drug-likeness (QED) is 0.891. The van der Waals surface area contributed by atoms with E-state index < -0.39 is 0 Å². The maximum Gasteiger partial charge on any atom is 0.253 e. The van der Waals surface area contributed by atoms with Gasteiger partial charge in [-0.05, 0) is 42.3 Å². The van der Waals surface area contributed by atoms with Crippen LogP contribution in [0.25, 0.3) is 0 Å².